The number of halogens is 1. The van der Waals surface area contributed by atoms with Crippen LogP contribution in [0.2, 0.25) is 5.02 Å². The lowest BCUT2D eigenvalue weighted by Crippen LogP contribution is -2.15. The van der Waals surface area contributed by atoms with E-state index in [0.717, 1.165) is 17.6 Å². The summed E-state index contributed by atoms with van der Waals surface area (Å²) in [6.07, 6.45) is 2.64. The second-order valence-corrected chi connectivity index (χ2v) is 6.40. The van der Waals surface area contributed by atoms with Crippen LogP contribution in [0, 0.1) is 6.92 Å². The van der Waals surface area contributed by atoms with Gasteiger partial charge in [0, 0.05) is 22.5 Å². The standard InChI is InChI=1S/C15H16ClNS/c1-10-14(6-7-18-10)15-8-12(16)3-2-11(15)9-17-13-4-5-13/h2-3,6-8,13,17H,4-5,9H2,1H3. The van der Waals surface area contributed by atoms with Crippen LogP contribution in [0.15, 0.2) is 29.6 Å². The smallest absolute Gasteiger partial charge is 0.0412 e. The zero-order chi connectivity index (χ0) is 12.5. The summed E-state index contributed by atoms with van der Waals surface area (Å²) in [5.41, 5.74) is 3.93. The van der Waals surface area contributed by atoms with Crippen LogP contribution < -0.4 is 5.32 Å². The highest BCUT2D eigenvalue weighted by Gasteiger charge is 2.20. The highest BCUT2D eigenvalue weighted by atomic mass is 35.5. The number of hydrogen-bond donors (Lipinski definition) is 1. The molecule has 0 radical (unpaired) electrons. The molecule has 0 saturated heterocycles. The summed E-state index contributed by atoms with van der Waals surface area (Å²) in [5.74, 6) is 0. The molecule has 0 amide bonds. The molecule has 1 fully saturated rings. The van der Waals surface area contributed by atoms with Gasteiger partial charge < -0.3 is 5.32 Å². The molecule has 94 valence electrons. The normalized spacial score (nSPS) is 15.0. The lowest BCUT2D eigenvalue weighted by molar-refractivity contribution is 0.689. The molecule has 0 spiro atoms. The summed E-state index contributed by atoms with van der Waals surface area (Å²) in [6, 6.07) is 9.13. The van der Waals surface area contributed by atoms with Crippen molar-refractivity contribution in [3.63, 3.8) is 0 Å². The first-order valence-corrected chi connectivity index (χ1v) is 7.56. The lowest BCUT2D eigenvalue weighted by Gasteiger charge is -2.11. The molecule has 0 unspecified atom stereocenters. The Bertz CT molecular complexity index is 557. The van der Waals surface area contributed by atoms with Crippen molar-refractivity contribution in [2.45, 2.75) is 32.4 Å². The van der Waals surface area contributed by atoms with Gasteiger partial charge in [-0.3, -0.25) is 0 Å². The minimum atomic E-state index is 0.733. The summed E-state index contributed by atoms with van der Waals surface area (Å²) in [7, 11) is 0. The number of rotatable bonds is 4. The third kappa shape index (κ3) is 2.61. The van der Waals surface area contributed by atoms with Gasteiger partial charge in [-0.05, 0) is 60.0 Å². The zero-order valence-corrected chi connectivity index (χ0v) is 11.9. The van der Waals surface area contributed by atoms with E-state index in [1.165, 1.54) is 34.4 Å². The quantitative estimate of drug-likeness (QED) is 0.859. The van der Waals surface area contributed by atoms with Crippen LogP contribution in [0.3, 0.4) is 0 Å². The molecule has 1 aromatic heterocycles. The van der Waals surface area contributed by atoms with Gasteiger partial charge in [-0.2, -0.15) is 0 Å². The van der Waals surface area contributed by atoms with Crippen molar-refractivity contribution >= 4 is 22.9 Å². The Morgan fingerprint density at radius 3 is 2.78 bits per heavy atom. The Balaban J connectivity index is 1.94. The van der Waals surface area contributed by atoms with E-state index in [1.807, 2.05) is 6.07 Å². The van der Waals surface area contributed by atoms with E-state index < -0.39 is 0 Å². The Kier molecular flexibility index (Phi) is 3.42. The van der Waals surface area contributed by atoms with Crippen LogP contribution in [-0.4, -0.2) is 6.04 Å². The Morgan fingerprint density at radius 1 is 1.28 bits per heavy atom. The monoisotopic (exact) mass is 277 g/mol. The van der Waals surface area contributed by atoms with E-state index in [4.69, 9.17) is 11.6 Å². The van der Waals surface area contributed by atoms with Crippen molar-refractivity contribution in [3.8, 4) is 11.1 Å². The van der Waals surface area contributed by atoms with Gasteiger partial charge in [0.25, 0.3) is 0 Å². The predicted molar refractivity (Wildman–Crippen MR) is 79.4 cm³/mol. The second-order valence-electron chi connectivity index (χ2n) is 4.85. The molecule has 1 heterocycles. The fraction of sp³-hybridized carbons (Fsp3) is 0.333. The Hall–Kier alpha value is -0.830. The molecule has 1 aliphatic carbocycles. The maximum atomic E-state index is 6.14. The first kappa shape index (κ1) is 12.2. The first-order chi connectivity index (χ1) is 8.74. The topological polar surface area (TPSA) is 12.0 Å². The minimum Gasteiger partial charge on any atom is -0.310 e. The van der Waals surface area contributed by atoms with Crippen molar-refractivity contribution in [3.05, 3.63) is 45.1 Å². The van der Waals surface area contributed by atoms with Crippen molar-refractivity contribution in [2.75, 3.05) is 0 Å². The summed E-state index contributed by atoms with van der Waals surface area (Å²) in [5, 5.41) is 6.53. The van der Waals surface area contributed by atoms with Crippen LogP contribution in [0.25, 0.3) is 11.1 Å². The molecular formula is C15H16ClNS. The molecule has 18 heavy (non-hydrogen) atoms. The fourth-order valence-corrected chi connectivity index (χ4v) is 3.05. The molecule has 1 aromatic carbocycles. The zero-order valence-electron chi connectivity index (χ0n) is 10.4. The molecule has 3 rings (SSSR count). The number of aryl methyl sites for hydroxylation is 1. The first-order valence-electron chi connectivity index (χ1n) is 6.30. The lowest BCUT2D eigenvalue weighted by atomic mass is 10.0. The van der Waals surface area contributed by atoms with Crippen LogP contribution in [0.1, 0.15) is 23.3 Å². The van der Waals surface area contributed by atoms with Gasteiger partial charge in [0.05, 0.1) is 0 Å². The van der Waals surface area contributed by atoms with E-state index in [1.54, 1.807) is 11.3 Å². The molecule has 2 aromatic rings. The van der Waals surface area contributed by atoms with Gasteiger partial charge in [0.1, 0.15) is 0 Å². The summed E-state index contributed by atoms with van der Waals surface area (Å²) in [6.45, 7) is 3.10. The molecule has 1 N–H and O–H groups in total. The number of nitrogens with one attached hydrogen (secondary N) is 1. The van der Waals surface area contributed by atoms with Gasteiger partial charge in [-0.15, -0.1) is 11.3 Å². The van der Waals surface area contributed by atoms with Crippen LogP contribution >= 0.6 is 22.9 Å². The van der Waals surface area contributed by atoms with E-state index in [-0.39, 0.29) is 0 Å². The highest BCUT2D eigenvalue weighted by Crippen LogP contribution is 2.32. The van der Waals surface area contributed by atoms with E-state index in [0.29, 0.717) is 0 Å². The van der Waals surface area contributed by atoms with Gasteiger partial charge in [-0.25, -0.2) is 0 Å². The third-order valence-electron chi connectivity index (χ3n) is 3.38. The average Bonchev–Trinajstić information content (AvgIpc) is 3.09. The third-order valence-corrected chi connectivity index (χ3v) is 4.46. The van der Waals surface area contributed by atoms with E-state index in [2.05, 4.69) is 35.8 Å². The number of thiophene rings is 1. The van der Waals surface area contributed by atoms with Crippen molar-refractivity contribution in [2.24, 2.45) is 0 Å². The number of hydrogen-bond acceptors (Lipinski definition) is 2. The molecule has 3 heteroatoms. The van der Waals surface area contributed by atoms with Gasteiger partial charge in [0.15, 0.2) is 0 Å². The number of benzene rings is 1. The van der Waals surface area contributed by atoms with Crippen molar-refractivity contribution in [1.29, 1.82) is 0 Å². The molecule has 0 bridgehead atoms. The highest BCUT2D eigenvalue weighted by molar-refractivity contribution is 7.10. The largest absolute Gasteiger partial charge is 0.310 e. The minimum absolute atomic E-state index is 0.733. The maximum Gasteiger partial charge on any atom is 0.0412 e. The molecule has 0 aliphatic heterocycles. The fourth-order valence-electron chi connectivity index (χ4n) is 2.16. The maximum absolute atomic E-state index is 6.14. The average molecular weight is 278 g/mol. The summed E-state index contributed by atoms with van der Waals surface area (Å²) < 4.78 is 0. The second kappa shape index (κ2) is 5.04. The van der Waals surface area contributed by atoms with Crippen molar-refractivity contribution in [1.82, 2.24) is 5.32 Å². The summed E-state index contributed by atoms with van der Waals surface area (Å²) in [4.78, 5) is 1.35. The van der Waals surface area contributed by atoms with Crippen LogP contribution in [-0.2, 0) is 6.54 Å². The van der Waals surface area contributed by atoms with Gasteiger partial charge in [-0.1, -0.05) is 17.7 Å². The van der Waals surface area contributed by atoms with E-state index >= 15 is 0 Å². The molecule has 1 aliphatic rings. The van der Waals surface area contributed by atoms with Crippen LogP contribution in [0.5, 0.6) is 0 Å². The SMILES string of the molecule is Cc1sccc1-c1cc(Cl)ccc1CNC1CC1. The van der Waals surface area contributed by atoms with Crippen molar-refractivity contribution < 1.29 is 0 Å². The van der Waals surface area contributed by atoms with E-state index in [9.17, 15) is 0 Å². The molecule has 0 atom stereocenters. The van der Waals surface area contributed by atoms with Crippen LogP contribution in [0.4, 0.5) is 0 Å². The van der Waals surface area contributed by atoms with Gasteiger partial charge in [0.2, 0.25) is 0 Å². The summed E-state index contributed by atoms with van der Waals surface area (Å²) >= 11 is 7.93. The molecular weight excluding hydrogens is 262 g/mol. The Labute approximate surface area is 117 Å². The molecule has 1 nitrogen and oxygen atoms in total. The predicted octanol–water partition coefficient (Wildman–Crippen LogP) is 4.63. The van der Waals surface area contributed by atoms with Gasteiger partial charge >= 0.3 is 0 Å². The molecule has 1 saturated carbocycles. The Morgan fingerprint density at radius 2 is 2.11 bits per heavy atom.